The number of carbonyl (C=O) groups is 1. The molecule has 0 spiro atoms. The fourth-order valence-corrected chi connectivity index (χ4v) is 3.24. The highest BCUT2D eigenvalue weighted by atomic mass is 32.3. The third kappa shape index (κ3) is 5.71. The molecule has 0 atom stereocenters. The molecule has 0 unspecified atom stereocenters. The molecule has 1 amide bonds. The Hall–Kier alpha value is -3.11. The van der Waals surface area contributed by atoms with E-state index >= 15 is 0 Å². The Labute approximate surface area is 174 Å². The van der Waals surface area contributed by atoms with E-state index < -0.39 is 22.1 Å². The second kappa shape index (κ2) is 8.72. The number of nitrogens with zero attached hydrogens (tertiary/aromatic N) is 1. The number of ether oxygens (including phenoxy) is 2. The van der Waals surface area contributed by atoms with Crippen LogP contribution in [0, 0.1) is 0 Å². The number of nitrogens with one attached hydrogen (secondary N) is 1. The van der Waals surface area contributed by atoms with Crippen LogP contribution in [0.15, 0.2) is 53.7 Å². The molecule has 1 aliphatic heterocycles. The minimum Gasteiger partial charge on any atom is -0.494 e. The maximum Gasteiger partial charge on any atom is 0.466 e. The predicted octanol–water partition coefficient (Wildman–Crippen LogP) is 3.87. The van der Waals surface area contributed by atoms with E-state index in [0.717, 1.165) is 5.56 Å². The Bertz CT molecular complexity index is 1050. The van der Waals surface area contributed by atoms with E-state index in [9.17, 15) is 13.2 Å². The Morgan fingerprint density at radius 2 is 1.93 bits per heavy atom. The molecule has 30 heavy (non-hydrogen) atoms. The van der Waals surface area contributed by atoms with Gasteiger partial charge in [0.05, 0.1) is 18.0 Å². The molecule has 0 aliphatic carbocycles. The van der Waals surface area contributed by atoms with E-state index in [0.29, 0.717) is 42.2 Å². The van der Waals surface area contributed by atoms with Crippen molar-refractivity contribution in [3.8, 4) is 5.75 Å². The van der Waals surface area contributed by atoms with E-state index in [1.165, 1.54) is 0 Å². The largest absolute Gasteiger partial charge is 0.494 e. The lowest BCUT2D eigenvalue weighted by molar-refractivity contribution is 0.0420. The number of hydrogen-bond acceptors (Lipinski definition) is 7. The molecule has 0 radical (unpaired) electrons. The van der Waals surface area contributed by atoms with Gasteiger partial charge in [-0.1, -0.05) is 35.5 Å². The fourth-order valence-electron chi connectivity index (χ4n) is 3.06. The summed E-state index contributed by atoms with van der Waals surface area (Å²) in [6, 6.07) is 14.2. The summed E-state index contributed by atoms with van der Waals surface area (Å²) in [7, 11) is -4.69. The number of fused-ring (bicyclic) bond motifs is 1. The standard InChI is InChI=1S/C20H22N2O7S/c1-20(2)16-11-10-15(13-18(16)21-19(23)28-20)27-12-6-9-17(22-29-30(24,25)26)14-7-4-3-5-8-14/h3-5,7-8,10-11,13H,6,9,12H2,1-2H3,(H,21,23)(H,24,25,26). The lowest BCUT2D eigenvalue weighted by atomic mass is 9.95. The Balaban J connectivity index is 1.63. The van der Waals surface area contributed by atoms with Gasteiger partial charge in [-0.05, 0) is 44.4 Å². The third-order valence-electron chi connectivity index (χ3n) is 4.40. The topological polar surface area (TPSA) is 124 Å². The first-order valence-electron chi connectivity index (χ1n) is 9.20. The maximum atomic E-state index is 11.7. The molecule has 0 saturated heterocycles. The van der Waals surface area contributed by atoms with Crippen LogP contribution in [0.2, 0.25) is 0 Å². The molecule has 1 aliphatic rings. The minimum atomic E-state index is -4.69. The van der Waals surface area contributed by atoms with Crippen LogP contribution in [-0.4, -0.2) is 31.4 Å². The Morgan fingerprint density at radius 3 is 2.63 bits per heavy atom. The van der Waals surface area contributed by atoms with Crippen molar-refractivity contribution in [2.45, 2.75) is 32.3 Å². The van der Waals surface area contributed by atoms with Gasteiger partial charge in [-0.3, -0.25) is 9.87 Å². The van der Waals surface area contributed by atoms with Gasteiger partial charge < -0.3 is 9.47 Å². The lowest BCUT2D eigenvalue weighted by Gasteiger charge is -2.32. The van der Waals surface area contributed by atoms with Crippen molar-refractivity contribution in [3.05, 3.63) is 59.7 Å². The first-order chi connectivity index (χ1) is 14.1. The summed E-state index contributed by atoms with van der Waals surface area (Å²) in [4.78, 5) is 11.7. The Morgan fingerprint density at radius 1 is 1.20 bits per heavy atom. The van der Waals surface area contributed by atoms with Crippen LogP contribution in [0.5, 0.6) is 5.75 Å². The molecule has 0 saturated carbocycles. The van der Waals surface area contributed by atoms with Crippen molar-refractivity contribution in [1.29, 1.82) is 0 Å². The summed E-state index contributed by atoms with van der Waals surface area (Å²) in [6.07, 6.45) is 0.329. The molecule has 2 N–H and O–H groups in total. The highest BCUT2D eigenvalue weighted by Gasteiger charge is 2.33. The zero-order valence-electron chi connectivity index (χ0n) is 16.5. The van der Waals surface area contributed by atoms with Gasteiger partial charge in [-0.2, -0.15) is 8.42 Å². The van der Waals surface area contributed by atoms with E-state index in [-0.39, 0.29) is 0 Å². The maximum absolute atomic E-state index is 11.7. The van der Waals surface area contributed by atoms with Gasteiger partial charge in [0.25, 0.3) is 0 Å². The van der Waals surface area contributed by atoms with E-state index in [2.05, 4.69) is 14.8 Å². The van der Waals surface area contributed by atoms with Crippen molar-refractivity contribution in [2.24, 2.45) is 5.16 Å². The quantitative estimate of drug-likeness (QED) is 0.280. The normalized spacial score (nSPS) is 15.6. The molecular formula is C20H22N2O7S. The van der Waals surface area contributed by atoms with Crippen molar-refractivity contribution in [3.63, 3.8) is 0 Å². The van der Waals surface area contributed by atoms with Crippen LogP contribution in [0.25, 0.3) is 0 Å². The first kappa shape index (κ1) is 21.6. The molecular weight excluding hydrogens is 412 g/mol. The third-order valence-corrected chi connectivity index (χ3v) is 4.66. The van der Waals surface area contributed by atoms with E-state index in [1.54, 1.807) is 36.4 Å². The summed E-state index contributed by atoms with van der Waals surface area (Å²) in [6.45, 7) is 3.93. The number of rotatable bonds is 8. The van der Waals surface area contributed by atoms with Crippen molar-refractivity contribution >= 4 is 27.9 Å². The van der Waals surface area contributed by atoms with Crippen molar-refractivity contribution < 1.29 is 31.5 Å². The summed E-state index contributed by atoms with van der Waals surface area (Å²) in [5, 5.41) is 6.21. The smallest absolute Gasteiger partial charge is 0.466 e. The minimum absolute atomic E-state index is 0.310. The molecule has 2 aromatic carbocycles. The van der Waals surface area contributed by atoms with Crippen LogP contribution in [0.4, 0.5) is 10.5 Å². The number of oxime groups is 1. The first-order valence-corrected chi connectivity index (χ1v) is 10.6. The molecule has 10 heteroatoms. The summed E-state index contributed by atoms with van der Waals surface area (Å²) < 4.78 is 45.6. The predicted molar refractivity (Wildman–Crippen MR) is 110 cm³/mol. The molecule has 0 fully saturated rings. The van der Waals surface area contributed by atoms with E-state index in [1.807, 2.05) is 26.0 Å². The molecule has 0 bridgehead atoms. The van der Waals surface area contributed by atoms with Crippen LogP contribution < -0.4 is 10.1 Å². The molecule has 2 aromatic rings. The highest BCUT2D eigenvalue weighted by molar-refractivity contribution is 7.80. The van der Waals surface area contributed by atoms with Gasteiger partial charge in [0.15, 0.2) is 0 Å². The van der Waals surface area contributed by atoms with Crippen LogP contribution in [0.1, 0.15) is 37.8 Å². The van der Waals surface area contributed by atoms with Crippen LogP contribution >= 0.6 is 0 Å². The second-order valence-corrected chi connectivity index (χ2v) is 8.10. The zero-order valence-corrected chi connectivity index (χ0v) is 17.3. The Kier molecular flexibility index (Phi) is 6.28. The molecule has 160 valence electrons. The van der Waals surface area contributed by atoms with Crippen molar-refractivity contribution in [1.82, 2.24) is 0 Å². The number of anilines is 1. The average molecular weight is 434 g/mol. The summed E-state index contributed by atoms with van der Waals surface area (Å²) in [5.41, 5.74) is 1.76. The molecule has 3 rings (SSSR count). The molecule has 0 aromatic heterocycles. The SMILES string of the molecule is CC1(C)OC(=O)Nc2cc(OCCCC(=NOS(=O)(=O)O)c3ccccc3)ccc21. The van der Waals surface area contributed by atoms with Crippen LogP contribution in [-0.2, 0) is 25.0 Å². The number of amides is 1. The number of hydrogen-bond donors (Lipinski definition) is 2. The molecule has 1 heterocycles. The monoisotopic (exact) mass is 434 g/mol. The average Bonchev–Trinajstić information content (AvgIpc) is 2.66. The zero-order chi connectivity index (χ0) is 21.8. The summed E-state index contributed by atoms with van der Waals surface area (Å²) in [5.74, 6) is 0.569. The number of benzene rings is 2. The second-order valence-electron chi connectivity index (χ2n) is 7.09. The number of carbonyl (C=O) groups excluding carboxylic acids is 1. The van der Waals surface area contributed by atoms with Gasteiger partial charge in [0, 0.05) is 11.6 Å². The molecule has 9 nitrogen and oxygen atoms in total. The van der Waals surface area contributed by atoms with Gasteiger partial charge in [-0.25, -0.2) is 9.08 Å². The summed E-state index contributed by atoms with van der Waals surface area (Å²) >= 11 is 0. The van der Waals surface area contributed by atoms with Gasteiger partial charge in [-0.15, -0.1) is 0 Å². The number of cyclic esters (lactones) is 1. The van der Waals surface area contributed by atoms with Gasteiger partial charge in [0.2, 0.25) is 0 Å². The fraction of sp³-hybridized carbons (Fsp3) is 0.300. The van der Waals surface area contributed by atoms with Gasteiger partial charge in [0.1, 0.15) is 11.4 Å². The van der Waals surface area contributed by atoms with E-state index in [4.69, 9.17) is 14.0 Å². The lowest BCUT2D eigenvalue weighted by Crippen LogP contribution is -2.34. The van der Waals surface area contributed by atoms with Crippen molar-refractivity contribution in [2.75, 3.05) is 11.9 Å². The highest BCUT2D eigenvalue weighted by Crippen LogP contribution is 2.37. The van der Waals surface area contributed by atoms with Gasteiger partial charge >= 0.3 is 16.5 Å². The van der Waals surface area contributed by atoms with Crippen LogP contribution in [0.3, 0.4) is 0 Å².